The Morgan fingerprint density at radius 3 is 2.67 bits per heavy atom. The Hall–Kier alpha value is -3.86. The number of benzene rings is 1. The molecule has 8 nitrogen and oxygen atoms in total. The van der Waals surface area contributed by atoms with E-state index in [1.807, 2.05) is 0 Å². The smallest absolute Gasteiger partial charge is 0.389 e. The van der Waals surface area contributed by atoms with Crippen molar-refractivity contribution >= 4 is 23.5 Å². The van der Waals surface area contributed by atoms with E-state index >= 15 is 0 Å². The number of carbonyl (C=O) groups is 2. The van der Waals surface area contributed by atoms with Crippen molar-refractivity contribution in [3.05, 3.63) is 75.9 Å². The Balaban J connectivity index is 1.75. The van der Waals surface area contributed by atoms with Crippen molar-refractivity contribution < 1.29 is 27.5 Å². The molecule has 1 fully saturated rings. The van der Waals surface area contributed by atoms with Gasteiger partial charge in [0.25, 0.3) is 5.56 Å². The summed E-state index contributed by atoms with van der Waals surface area (Å²) in [6.45, 7) is -0.167. The number of carbonyl (C=O) groups excluding carboxylic acids is 2. The van der Waals surface area contributed by atoms with Crippen LogP contribution in [0.25, 0.3) is 16.8 Å². The molecule has 12 heteroatoms. The summed E-state index contributed by atoms with van der Waals surface area (Å²) < 4.78 is 44.1. The quantitative estimate of drug-likeness (QED) is 0.455. The van der Waals surface area contributed by atoms with Crippen LogP contribution in [0.4, 0.5) is 18.0 Å². The van der Waals surface area contributed by atoms with Crippen LogP contribution in [0, 0.1) is 0 Å². The van der Waals surface area contributed by atoms with Crippen LogP contribution in [-0.2, 0) is 4.79 Å². The first kappa shape index (κ1) is 25.2. The fourth-order valence-electron chi connectivity index (χ4n) is 3.75. The van der Waals surface area contributed by atoms with Crippen molar-refractivity contribution in [2.24, 2.45) is 0 Å². The Morgan fingerprint density at radius 2 is 1.97 bits per heavy atom. The molecule has 3 heterocycles. The number of pyridine rings is 2. The molecule has 0 radical (unpaired) electrons. The second-order valence-corrected chi connectivity index (χ2v) is 8.50. The number of aromatic nitrogens is 2. The van der Waals surface area contributed by atoms with Crippen molar-refractivity contribution in [1.29, 1.82) is 0 Å². The van der Waals surface area contributed by atoms with Gasteiger partial charge < -0.3 is 10.1 Å². The fourth-order valence-corrected chi connectivity index (χ4v) is 3.98. The molecule has 2 N–H and O–H groups in total. The van der Waals surface area contributed by atoms with Crippen LogP contribution in [0.2, 0.25) is 5.02 Å². The van der Waals surface area contributed by atoms with Gasteiger partial charge in [-0.05, 0) is 53.9 Å². The van der Waals surface area contributed by atoms with Gasteiger partial charge in [-0.1, -0.05) is 11.6 Å². The van der Waals surface area contributed by atoms with Gasteiger partial charge in [0.2, 0.25) is 5.91 Å². The molecular formula is C24H20ClF3N4O4. The molecule has 2 aromatic heterocycles. The van der Waals surface area contributed by atoms with E-state index in [2.05, 4.69) is 15.6 Å². The Labute approximate surface area is 208 Å². The number of ether oxygens (including phenoxy) is 1. The van der Waals surface area contributed by atoms with Crippen LogP contribution in [0.1, 0.15) is 24.3 Å². The predicted molar refractivity (Wildman–Crippen MR) is 125 cm³/mol. The number of alkyl halides is 3. The summed E-state index contributed by atoms with van der Waals surface area (Å²) in [6, 6.07) is 8.67. The number of nitrogens with zero attached hydrogens (tertiary/aromatic N) is 2. The zero-order chi connectivity index (χ0) is 25.9. The first-order chi connectivity index (χ1) is 17.1. The Kier molecular flexibility index (Phi) is 7.30. The van der Waals surface area contributed by atoms with Crippen molar-refractivity contribution in [2.75, 3.05) is 13.2 Å². The number of amides is 3. The highest BCUT2D eigenvalue weighted by atomic mass is 35.5. The maximum atomic E-state index is 13.5. The number of hydrogen-bond donors (Lipinski definition) is 2. The van der Waals surface area contributed by atoms with Gasteiger partial charge in [-0.15, -0.1) is 0 Å². The highest BCUT2D eigenvalue weighted by Crippen LogP contribution is 2.30. The van der Waals surface area contributed by atoms with Crippen LogP contribution >= 0.6 is 11.6 Å². The minimum atomic E-state index is -4.29. The minimum Gasteiger partial charge on any atom is -0.494 e. The molecule has 0 saturated carbocycles. The first-order valence-electron chi connectivity index (χ1n) is 10.9. The van der Waals surface area contributed by atoms with Gasteiger partial charge in [-0.3, -0.25) is 24.5 Å². The van der Waals surface area contributed by atoms with Gasteiger partial charge in [-0.2, -0.15) is 13.2 Å². The van der Waals surface area contributed by atoms with E-state index in [1.54, 1.807) is 18.3 Å². The van der Waals surface area contributed by atoms with Crippen molar-refractivity contribution in [3.8, 4) is 22.6 Å². The lowest BCUT2D eigenvalue weighted by molar-refractivity contribution is -0.136. The topological polar surface area (TPSA) is 102 Å². The second kappa shape index (κ2) is 10.4. The van der Waals surface area contributed by atoms with Crippen molar-refractivity contribution in [1.82, 2.24) is 20.2 Å². The van der Waals surface area contributed by atoms with Crippen LogP contribution in [0.3, 0.4) is 0 Å². The van der Waals surface area contributed by atoms with Crippen LogP contribution in [0.15, 0.2) is 59.8 Å². The molecule has 0 spiro atoms. The lowest BCUT2D eigenvalue weighted by Crippen LogP contribution is -2.51. The molecule has 188 valence electrons. The van der Waals surface area contributed by atoms with E-state index < -0.39 is 36.0 Å². The lowest BCUT2D eigenvalue weighted by Gasteiger charge is -2.23. The van der Waals surface area contributed by atoms with Gasteiger partial charge in [0.05, 0.1) is 24.4 Å². The normalized spacial score (nSPS) is 15.8. The monoisotopic (exact) mass is 520 g/mol. The predicted octanol–water partition coefficient (Wildman–Crippen LogP) is 4.20. The van der Waals surface area contributed by atoms with Gasteiger partial charge >= 0.3 is 12.2 Å². The molecular weight excluding hydrogens is 501 g/mol. The highest BCUT2D eigenvalue weighted by molar-refractivity contribution is 6.31. The van der Waals surface area contributed by atoms with E-state index in [9.17, 15) is 27.6 Å². The Morgan fingerprint density at radius 1 is 1.17 bits per heavy atom. The third kappa shape index (κ3) is 6.03. The van der Waals surface area contributed by atoms with Crippen molar-refractivity contribution in [3.63, 3.8) is 0 Å². The summed E-state index contributed by atoms with van der Waals surface area (Å²) in [4.78, 5) is 41.6. The molecule has 3 aromatic rings. The molecule has 1 aliphatic heterocycles. The fraction of sp³-hybridized carbons (Fsp3) is 0.250. The standard InChI is InChI=1S/C24H20ClF3N4O4/c25-16-7-14(8-18(10-16)36-6-2-4-24(26,27)28)19-9-15(20-12-30-23(35)31-21(20)33)13-32(22(19)34)17-3-1-5-29-11-17/h1,3,5,7-11,13,20H,2,4,6,12H2,(H2,30,31,33,35). The van der Waals surface area contributed by atoms with E-state index in [-0.39, 0.29) is 35.9 Å². The van der Waals surface area contributed by atoms with E-state index in [1.165, 1.54) is 41.2 Å². The van der Waals surface area contributed by atoms with Gasteiger partial charge in [-0.25, -0.2) is 4.79 Å². The molecule has 3 amide bonds. The Bertz CT molecular complexity index is 1350. The molecule has 1 atom stereocenters. The first-order valence-corrected chi connectivity index (χ1v) is 11.2. The average Bonchev–Trinajstić information content (AvgIpc) is 2.82. The number of urea groups is 1. The summed E-state index contributed by atoms with van der Waals surface area (Å²) in [5, 5.41) is 4.98. The van der Waals surface area contributed by atoms with Crippen molar-refractivity contribution in [2.45, 2.75) is 24.9 Å². The third-order valence-electron chi connectivity index (χ3n) is 5.44. The molecule has 4 rings (SSSR count). The zero-order valence-electron chi connectivity index (χ0n) is 18.6. The largest absolute Gasteiger partial charge is 0.494 e. The summed E-state index contributed by atoms with van der Waals surface area (Å²) in [5.74, 6) is -1.11. The molecule has 0 bridgehead atoms. The summed E-state index contributed by atoms with van der Waals surface area (Å²) in [6.07, 6.45) is -0.988. The summed E-state index contributed by atoms with van der Waals surface area (Å²) >= 11 is 6.23. The van der Waals surface area contributed by atoms with Gasteiger partial charge in [0.15, 0.2) is 0 Å². The molecule has 0 aliphatic carbocycles. The lowest BCUT2D eigenvalue weighted by atomic mass is 9.95. The third-order valence-corrected chi connectivity index (χ3v) is 5.66. The van der Waals surface area contributed by atoms with Crippen LogP contribution < -0.4 is 20.9 Å². The van der Waals surface area contributed by atoms with Crippen LogP contribution in [-0.4, -0.2) is 40.8 Å². The maximum Gasteiger partial charge on any atom is 0.389 e. The molecule has 1 aromatic carbocycles. The van der Waals surface area contributed by atoms with E-state index in [0.717, 1.165) is 0 Å². The molecule has 1 aliphatic rings. The number of rotatable bonds is 7. The highest BCUT2D eigenvalue weighted by Gasteiger charge is 2.29. The van der Waals surface area contributed by atoms with Gasteiger partial charge in [0.1, 0.15) is 5.75 Å². The number of hydrogen-bond acceptors (Lipinski definition) is 5. The summed E-state index contributed by atoms with van der Waals surface area (Å²) in [7, 11) is 0. The van der Waals surface area contributed by atoms with Gasteiger partial charge in [0, 0.05) is 35.9 Å². The maximum absolute atomic E-state index is 13.5. The second-order valence-electron chi connectivity index (χ2n) is 8.07. The SMILES string of the molecule is O=C1NCC(c2cc(-c3cc(Cl)cc(OCCCC(F)(F)F)c3)c(=O)n(-c3cccnc3)c2)C(=O)N1. The van der Waals surface area contributed by atoms with E-state index in [4.69, 9.17) is 16.3 Å². The van der Waals surface area contributed by atoms with E-state index in [0.29, 0.717) is 16.8 Å². The summed E-state index contributed by atoms with van der Waals surface area (Å²) in [5.41, 5.74) is 0.953. The minimum absolute atomic E-state index is 0.0263. The molecule has 36 heavy (non-hydrogen) atoms. The molecule has 1 unspecified atom stereocenters. The number of imide groups is 1. The van der Waals surface area contributed by atoms with Crippen LogP contribution in [0.5, 0.6) is 5.75 Å². The molecule has 1 saturated heterocycles. The number of nitrogens with one attached hydrogen (secondary N) is 2. The average molecular weight is 521 g/mol. The zero-order valence-corrected chi connectivity index (χ0v) is 19.4. The number of halogens is 4.